The molecule has 0 bridgehead atoms. The van der Waals surface area contributed by atoms with E-state index < -0.39 is 0 Å². The van der Waals surface area contributed by atoms with Gasteiger partial charge in [0.2, 0.25) is 0 Å². The predicted octanol–water partition coefficient (Wildman–Crippen LogP) is 1.87. The largest absolute Gasteiger partial charge is 0.370 e. The zero-order chi connectivity index (χ0) is 13.1. The van der Waals surface area contributed by atoms with E-state index in [0.717, 1.165) is 23.9 Å². The van der Waals surface area contributed by atoms with Crippen LogP contribution in [0.2, 0.25) is 0 Å². The molecule has 2 aromatic heterocycles. The van der Waals surface area contributed by atoms with Crippen molar-refractivity contribution in [2.45, 2.75) is 19.3 Å². The van der Waals surface area contributed by atoms with Crippen molar-refractivity contribution in [3.63, 3.8) is 0 Å². The minimum atomic E-state index is 0.863. The highest BCUT2D eigenvalue weighted by molar-refractivity contribution is 5.45. The second kappa shape index (κ2) is 5.57. The topological polar surface area (TPSA) is 45.5 Å². The molecule has 1 saturated heterocycles. The van der Waals surface area contributed by atoms with Crippen LogP contribution in [0, 0.1) is 5.92 Å². The van der Waals surface area contributed by atoms with E-state index in [2.05, 4.69) is 27.3 Å². The molecule has 3 rings (SSSR count). The van der Waals surface area contributed by atoms with E-state index in [1.165, 1.54) is 32.4 Å². The summed E-state index contributed by atoms with van der Waals surface area (Å²) in [7, 11) is 2.21. The third-order valence-electron chi connectivity index (χ3n) is 3.95. The molecule has 0 spiro atoms. The lowest BCUT2D eigenvalue weighted by Gasteiger charge is -2.28. The molecule has 5 heteroatoms. The summed E-state index contributed by atoms with van der Waals surface area (Å²) in [5.74, 6) is 1.81. The number of anilines is 1. The molecule has 1 aliphatic rings. The molecule has 19 heavy (non-hydrogen) atoms. The van der Waals surface area contributed by atoms with Crippen LogP contribution in [-0.2, 0) is 0 Å². The molecule has 0 atom stereocenters. The molecule has 0 amide bonds. The average Bonchev–Trinajstić information content (AvgIpc) is 2.88. The zero-order valence-electron chi connectivity index (χ0n) is 11.4. The summed E-state index contributed by atoms with van der Waals surface area (Å²) in [6.07, 6.45) is 7.60. The maximum Gasteiger partial charge on any atom is 0.157 e. The lowest BCUT2D eigenvalue weighted by Crippen LogP contribution is -2.30. The first-order chi connectivity index (χ1) is 9.31. The first-order valence-corrected chi connectivity index (χ1v) is 7.04. The standard InChI is InChI=1S/C14H21N5/c1-18-9-4-12(5-10-18)2-7-15-13-6-11-19-14(17-13)3-8-16-19/h3,6,8,11-12H,2,4-5,7,9-10H2,1H3,(H,15,17). The van der Waals surface area contributed by atoms with Gasteiger partial charge in [-0.25, -0.2) is 9.50 Å². The maximum absolute atomic E-state index is 4.51. The molecule has 3 heterocycles. The normalized spacial score (nSPS) is 17.9. The number of nitrogens with one attached hydrogen (secondary N) is 1. The van der Waals surface area contributed by atoms with Crippen LogP contribution in [0.3, 0.4) is 0 Å². The quantitative estimate of drug-likeness (QED) is 0.910. The molecule has 0 aliphatic carbocycles. The molecule has 1 N–H and O–H groups in total. The Balaban J connectivity index is 1.49. The molecular weight excluding hydrogens is 238 g/mol. The van der Waals surface area contributed by atoms with E-state index in [-0.39, 0.29) is 0 Å². The van der Waals surface area contributed by atoms with Crippen molar-refractivity contribution in [2.24, 2.45) is 5.92 Å². The molecule has 102 valence electrons. The van der Waals surface area contributed by atoms with Gasteiger partial charge in [0.05, 0.1) is 6.20 Å². The van der Waals surface area contributed by atoms with Gasteiger partial charge in [0, 0.05) is 18.8 Å². The van der Waals surface area contributed by atoms with Crippen LogP contribution in [0.1, 0.15) is 19.3 Å². The van der Waals surface area contributed by atoms with E-state index in [1.807, 2.05) is 18.3 Å². The van der Waals surface area contributed by atoms with Crippen LogP contribution in [0.5, 0.6) is 0 Å². The number of likely N-dealkylation sites (tertiary alicyclic amines) is 1. The Morgan fingerprint density at radius 1 is 1.32 bits per heavy atom. The minimum absolute atomic E-state index is 0.863. The Morgan fingerprint density at radius 2 is 2.16 bits per heavy atom. The third-order valence-corrected chi connectivity index (χ3v) is 3.95. The summed E-state index contributed by atoms with van der Waals surface area (Å²) in [6.45, 7) is 3.49. The molecule has 0 aromatic carbocycles. The summed E-state index contributed by atoms with van der Waals surface area (Å²) < 4.78 is 1.78. The fourth-order valence-corrected chi connectivity index (χ4v) is 2.67. The Bertz CT molecular complexity index is 527. The minimum Gasteiger partial charge on any atom is -0.370 e. The Morgan fingerprint density at radius 3 is 3.00 bits per heavy atom. The predicted molar refractivity (Wildman–Crippen MR) is 76.3 cm³/mol. The van der Waals surface area contributed by atoms with E-state index >= 15 is 0 Å². The molecule has 5 nitrogen and oxygen atoms in total. The summed E-state index contributed by atoms with van der Waals surface area (Å²) in [6, 6.07) is 3.90. The SMILES string of the molecule is CN1CCC(CCNc2ccn3nccc3n2)CC1. The van der Waals surface area contributed by atoms with Gasteiger partial charge in [-0.2, -0.15) is 5.10 Å². The molecule has 2 aromatic rings. The molecular formula is C14H21N5. The maximum atomic E-state index is 4.51. The first kappa shape index (κ1) is 12.4. The zero-order valence-corrected chi connectivity index (χ0v) is 11.4. The van der Waals surface area contributed by atoms with Crippen LogP contribution >= 0.6 is 0 Å². The Kier molecular flexibility index (Phi) is 3.64. The van der Waals surface area contributed by atoms with Crippen LogP contribution in [0.25, 0.3) is 5.65 Å². The van der Waals surface area contributed by atoms with Crippen molar-refractivity contribution in [1.29, 1.82) is 0 Å². The molecule has 1 aliphatic heterocycles. The second-order valence-corrected chi connectivity index (χ2v) is 5.41. The molecule has 0 saturated carbocycles. The van der Waals surface area contributed by atoms with Gasteiger partial charge in [0.25, 0.3) is 0 Å². The van der Waals surface area contributed by atoms with Gasteiger partial charge in [-0.05, 0) is 51.4 Å². The van der Waals surface area contributed by atoms with Gasteiger partial charge < -0.3 is 10.2 Å². The number of nitrogens with zero attached hydrogens (tertiary/aromatic N) is 4. The Hall–Kier alpha value is -1.62. The summed E-state index contributed by atoms with van der Waals surface area (Å²) in [4.78, 5) is 6.93. The van der Waals surface area contributed by atoms with Crippen molar-refractivity contribution in [2.75, 3.05) is 32.0 Å². The number of aromatic nitrogens is 3. The summed E-state index contributed by atoms with van der Waals surface area (Å²) in [5.41, 5.74) is 0.893. The fraction of sp³-hybridized carbons (Fsp3) is 0.571. The molecule has 1 fully saturated rings. The van der Waals surface area contributed by atoms with Gasteiger partial charge in [0.1, 0.15) is 5.82 Å². The van der Waals surface area contributed by atoms with Crippen molar-refractivity contribution < 1.29 is 0 Å². The first-order valence-electron chi connectivity index (χ1n) is 7.04. The number of hydrogen-bond donors (Lipinski definition) is 1. The highest BCUT2D eigenvalue weighted by Gasteiger charge is 2.15. The van der Waals surface area contributed by atoms with Crippen LogP contribution in [0.15, 0.2) is 24.5 Å². The molecule has 0 unspecified atom stereocenters. The highest BCUT2D eigenvalue weighted by atomic mass is 15.2. The lowest BCUT2D eigenvalue weighted by molar-refractivity contribution is 0.215. The van der Waals surface area contributed by atoms with Gasteiger partial charge >= 0.3 is 0 Å². The van der Waals surface area contributed by atoms with Gasteiger partial charge in [-0.3, -0.25) is 0 Å². The highest BCUT2D eigenvalue weighted by Crippen LogP contribution is 2.19. The summed E-state index contributed by atoms with van der Waals surface area (Å²) >= 11 is 0. The van der Waals surface area contributed by atoms with Crippen molar-refractivity contribution >= 4 is 11.5 Å². The van der Waals surface area contributed by atoms with Gasteiger partial charge in [-0.1, -0.05) is 0 Å². The van der Waals surface area contributed by atoms with Gasteiger partial charge in [-0.15, -0.1) is 0 Å². The number of hydrogen-bond acceptors (Lipinski definition) is 4. The number of rotatable bonds is 4. The van der Waals surface area contributed by atoms with E-state index in [9.17, 15) is 0 Å². The van der Waals surface area contributed by atoms with E-state index in [4.69, 9.17) is 0 Å². The van der Waals surface area contributed by atoms with Crippen LogP contribution in [0.4, 0.5) is 5.82 Å². The number of piperidine rings is 1. The fourth-order valence-electron chi connectivity index (χ4n) is 2.67. The second-order valence-electron chi connectivity index (χ2n) is 5.41. The van der Waals surface area contributed by atoms with Crippen molar-refractivity contribution in [3.05, 3.63) is 24.5 Å². The lowest BCUT2D eigenvalue weighted by atomic mass is 9.94. The van der Waals surface area contributed by atoms with E-state index in [0.29, 0.717) is 0 Å². The molecule has 0 radical (unpaired) electrons. The Labute approximate surface area is 113 Å². The number of fused-ring (bicyclic) bond motifs is 1. The monoisotopic (exact) mass is 259 g/mol. The summed E-state index contributed by atoms with van der Waals surface area (Å²) in [5, 5.41) is 7.56. The smallest absolute Gasteiger partial charge is 0.157 e. The third kappa shape index (κ3) is 3.04. The van der Waals surface area contributed by atoms with Crippen molar-refractivity contribution in [3.8, 4) is 0 Å². The average molecular weight is 259 g/mol. The van der Waals surface area contributed by atoms with Crippen LogP contribution in [-0.4, -0.2) is 46.2 Å². The van der Waals surface area contributed by atoms with Crippen LogP contribution < -0.4 is 5.32 Å². The van der Waals surface area contributed by atoms with Crippen molar-refractivity contribution in [1.82, 2.24) is 19.5 Å². The van der Waals surface area contributed by atoms with E-state index in [1.54, 1.807) is 10.7 Å². The van der Waals surface area contributed by atoms with Gasteiger partial charge in [0.15, 0.2) is 5.65 Å².